The molecule has 2 aromatic carbocycles. The number of carbonyl (C=O) groups is 2. The zero-order valence-corrected chi connectivity index (χ0v) is 17.4. The summed E-state index contributed by atoms with van der Waals surface area (Å²) in [5.41, 5.74) is 5.06. The summed E-state index contributed by atoms with van der Waals surface area (Å²) in [5.74, 6) is -2.51. The van der Waals surface area contributed by atoms with Crippen molar-refractivity contribution in [1.82, 2.24) is 5.32 Å². The molecular formula is C24H29NO5. The fourth-order valence-corrected chi connectivity index (χ4v) is 3.10. The quantitative estimate of drug-likeness (QED) is 0.625. The summed E-state index contributed by atoms with van der Waals surface area (Å²) in [6.45, 7) is 6.36. The zero-order valence-electron chi connectivity index (χ0n) is 17.4. The van der Waals surface area contributed by atoms with E-state index in [1.54, 1.807) is 0 Å². The Morgan fingerprint density at radius 2 is 1.27 bits per heavy atom. The summed E-state index contributed by atoms with van der Waals surface area (Å²) in [6.07, 6.45) is 3.67. The van der Waals surface area contributed by atoms with E-state index in [0.717, 1.165) is 25.9 Å². The SMILES string of the molecule is Cc1ccc(C(OC2CCNCC2)c2ccc(C)cc2)cc1.O=C(O)C=CC(=O)O. The Labute approximate surface area is 177 Å². The van der Waals surface area contributed by atoms with Gasteiger partial charge in [-0.3, -0.25) is 0 Å². The van der Waals surface area contributed by atoms with Gasteiger partial charge >= 0.3 is 11.9 Å². The maximum absolute atomic E-state index is 9.55. The van der Waals surface area contributed by atoms with Crippen LogP contribution < -0.4 is 5.32 Å². The van der Waals surface area contributed by atoms with Crippen LogP contribution in [-0.2, 0) is 14.3 Å². The smallest absolute Gasteiger partial charge is 0.328 e. The van der Waals surface area contributed by atoms with Crippen LogP contribution in [0, 0.1) is 13.8 Å². The van der Waals surface area contributed by atoms with Crippen molar-refractivity contribution in [2.24, 2.45) is 0 Å². The van der Waals surface area contributed by atoms with E-state index in [1.807, 2.05) is 0 Å². The van der Waals surface area contributed by atoms with Crippen LogP contribution in [0.4, 0.5) is 0 Å². The van der Waals surface area contributed by atoms with E-state index in [0.29, 0.717) is 18.3 Å². The summed E-state index contributed by atoms with van der Waals surface area (Å²) >= 11 is 0. The molecule has 3 rings (SSSR count). The molecule has 0 unspecified atom stereocenters. The lowest BCUT2D eigenvalue weighted by atomic mass is 9.98. The molecule has 1 aliphatic rings. The van der Waals surface area contributed by atoms with E-state index in [2.05, 4.69) is 67.7 Å². The molecule has 0 radical (unpaired) electrons. The first-order valence-electron chi connectivity index (χ1n) is 9.98. The lowest BCUT2D eigenvalue weighted by Crippen LogP contribution is -2.33. The third-order valence-corrected chi connectivity index (χ3v) is 4.74. The van der Waals surface area contributed by atoms with Crippen molar-refractivity contribution in [3.63, 3.8) is 0 Å². The summed E-state index contributed by atoms with van der Waals surface area (Å²) < 4.78 is 6.50. The van der Waals surface area contributed by atoms with Crippen LogP contribution >= 0.6 is 0 Å². The molecule has 3 N–H and O–H groups in total. The zero-order chi connectivity index (χ0) is 21.9. The second-order valence-electron chi connectivity index (χ2n) is 7.30. The van der Waals surface area contributed by atoms with Crippen LogP contribution in [0.15, 0.2) is 60.7 Å². The molecule has 0 amide bonds. The highest BCUT2D eigenvalue weighted by Crippen LogP contribution is 2.29. The molecule has 0 aromatic heterocycles. The molecule has 0 spiro atoms. The number of nitrogens with one attached hydrogen (secondary N) is 1. The van der Waals surface area contributed by atoms with Gasteiger partial charge in [0.1, 0.15) is 6.10 Å². The highest BCUT2D eigenvalue weighted by atomic mass is 16.5. The van der Waals surface area contributed by atoms with Gasteiger partial charge in [0.15, 0.2) is 0 Å². The minimum atomic E-state index is -1.26. The van der Waals surface area contributed by atoms with Gasteiger partial charge in [-0.2, -0.15) is 0 Å². The normalized spacial score (nSPS) is 14.4. The van der Waals surface area contributed by atoms with Gasteiger partial charge in [-0.05, 0) is 50.9 Å². The summed E-state index contributed by atoms with van der Waals surface area (Å²) in [7, 11) is 0. The summed E-state index contributed by atoms with van der Waals surface area (Å²) in [4.78, 5) is 19.1. The van der Waals surface area contributed by atoms with Gasteiger partial charge in [-0.15, -0.1) is 0 Å². The minimum absolute atomic E-state index is 0.0318. The monoisotopic (exact) mass is 411 g/mol. The standard InChI is InChI=1S/C20H25NO.C4H4O4/c1-15-3-7-17(8-4-15)20(18-9-5-16(2)6-10-18)22-19-11-13-21-14-12-19;5-3(6)1-2-4(7)8/h3-10,19-21H,11-14H2,1-2H3;1-2H,(H,5,6)(H,7,8). The molecule has 0 bridgehead atoms. The fraction of sp³-hybridized carbons (Fsp3) is 0.333. The highest BCUT2D eigenvalue weighted by molar-refractivity contribution is 5.89. The van der Waals surface area contributed by atoms with E-state index in [9.17, 15) is 9.59 Å². The van der Waals surface area contributed by atoms with E-state index in [4.69, 9.17) is 14.9 Å². The first-order chi connectivity index (χ1) is 14.3. The molecule has 0 atom stereocenters. The number of hydrogen-bond acceptors (Lipinski definition) is 4. The first-order valence-corrected chi connectivity index (χ1v) is 9.98. The van der Waals surface area contributed by atoms with Crippen LogP contribution in [0.5, 0.6) is 0 Å². The van der Waals surface area contributed by atoms with Crippen LogP contribution in [0.25, 0.3) is 0 Å². The fourth-order valence-electron chi connectivity index (χ4n) is 3.10. The van der Waals surface area contributed by atoms with Gasteiger partial charge in [0.2, 0.25) is 0 Å². The van der Waals surface area contributed by atoms with Gasteiger partial charge in [0.05, 0.1) is 6.10 Å². The van der Waals surface area contributed by atoms with Crippen LogP contribution in [0.2, 0.25) is 0 Å². The number of ether oxygens (including phenoxy) is 1. The number of aryl methyl sites for hydroxylation is 2. The van der Waals surface area contributed by atoms with Crippen molar-refractivity contribution in [2.75, 3.05) is 13.1 Å². The number of hydrogen-bond donors (Lipinski definition) is 3. The topological polar surface area (TPSA) is 95.9 Å². The summed E-state index contributed by atoms with van der Waals surface area (Å²) in [5, 5.41) is 19.0. The van der Waals surface area contributed by atoms with Gasteiger partial charge in [0, 0.05) is 12.2 Å². The molecule has 0 aliphatic carbocycles. The Morgan fingerprint density at radius 3 is 1.63 bits per heavy atom. The van der Waals surface area contributed by atoms with Crippen molar-refractivity contribution >= 4 is 11.9 Å². The number of carboxylic acids is 2. The van der Waals surface area contributed by atoms with Crippen molar-refractivity contribution in [3.8, 4) is 0 Å². The molecule has 0 saturated carbocycles. The predicted molar refractivity (Wildman–Crippen MR) is 116 cm³/mol. The Hall–Kier alpha value is -2.96. The van der Waals surface area contributed by atoms with Gasteiger partial charge in [-0.1, -0.05) is 59.7 Å². The molecule has 1 fully saturated rings. The van der Waals surface area contributed by atoms with E-state index in [1.165, 1.54) is 22.3 Å². The third kappa shape index (κ3) is 8.19. The van der Waals surface area contributed by atoms with Crippen LogP contribution in [-0.4, -0.2) is 41.3 Å². The average molecular weight is 411 g/mol. The van der Waals surface area contributed by atoms with E-state index in [-0.39, 0.29) is 6.10 Å². The number of rotatable bonds is 6. The van der Waals surface area contributed by atoms with Crippen LogP contribution in [0.3, 0.4) is 0 Å². The van der Waals surface area contributed by atoms with Crippen molar-refractivity contribution in [3.05, 3.63) is 82.9 Å². The largest absolute Gasteiger partial charge is 0.478 e. The number of benzene rings is 2. The molecule has 1 aliphatic heterocycles. The third-order valence-electron chi connectivity index (χ3n) is 4.74. The second-order valence-corrected chi connectivity index (χ2v) is 7.30. The molecule has 6 heteroatoms. The van der Waals surface area contributed by atoms with E-state index < -0.39 is 11.9 Å². The lowest BCUT2D eigenvalue weighted by Gasteiger charge is -2.29. The average Bonchev–Trinajstić information content (AvgIpc) is 2.73. The maximum atomic E-state index is 9.55. The number of piperidine rings is 1. The Kier molecular flexibility index (Phi) is 9.25. The molecule has 1 saturated heterocycles. The molecular weight excluding hydrogens is 382 g/mol. The Bertz CT molecular complexity index is 775. The van der Waals surface area contributed by atoms with Gasteiger partial charge in [-0.25, -0.2) is 9.59 Å². The minimum Gasteiger partial charge on any atom is -0.478 e. The van der Waals surface area contributed by atoms with Crippen molar-refractivity contribution in [2.45, 2.75) is 38.9 Å². The van der Waals surface area contributed by atoms with Gasteiger partial charge in [0.25, 0.3) is 0 Å². The molecule has 2 aromatic rings. The maximum Gasteiger partial charge on any atom is 0.328 e. The molecule has 1 heterocycles. The lowest BCUT2D eigenvalue weighted by molar-refractivity contribution is -0.134. The Morgan fingerprint density at radius 1 is 0.867 bits per heavy atom. The predicted octanol–water partition coefficient (Wildman–Crippen LogP) is 3.87. The number of aliphatic carboxylic acids is 2. The van der Waals surface area contributed by atoms with E-state index >= 15 is 0 Å². The molecule has 160 valence electrons. The Balaban J connectivity index is 0.000000343. The number of carboxylic acid groups (broad SMARTS) is 2. The highest BCUT2D eigenvalue weighted by Gasteiger charge is 2.21. The van der Waals surface area contributed by atoms with Crippen molar-refractivity contribution < 1.29 is 24.5 Å². The summed E-state index contributed by atoms with van der Waals surface area (Å²) in [6, 6.07) is 17.5. The van der Waals surface area contributed by atoms with Crippen LogP contribution in [0.1, 0.15) is 41.2 Å². The first kappa shape index (κ1) is 23.3. The van der Waals surface area contributed by atoms with Gasteiger partial charge < -0.3 is 20.3 Å². The molecule has 30 heavy (non-hydrogen) atoms. The second kappa shape index (κ2) is 11.9. The molecule has 6 nitrogen and oxygen atoms in total. The van der Waals surface area contributed by atoms with Crippen molar-refractivity contribution in [1.29, 1.82) is 0 Å².